The largest absolute Gasteiger partial charge is 0.368 e. The monoisotopic (exact) mass is 1790 g/mol. The van der Waals surface area contributed by atoms with Crippen molar-refractivity contribution in [2.24, 2.45) is 81.6 Å². The number of nitrogens with one attached hydrogen (secondary N) is 14. The lowest BCUT2D eigenvalue weighted by Gasteiger charge is -2.31. The highest BCUT2D eigenvalue weighted by Gasteiger charge is 2.42. The Balaban J connectivity index is 3.68. The maximum Gasteiger partial charge on any atom is 0.245 e. The minimum atomic E-state index is -1.30. The third-order valence-corrected chi connectivity index (χ3v) is 21.5. The Morgan fingerprint density at radius 2 is 0.468 bits per heavy atom. The molecule has 38 nitrogen and oxygen atoms in total. The summed E-state index contributed by atoms with van der Waals surface area (Å²) in [7, 11) is 0. The molecule has 1 heterocycles. The van der Waals surface area contributed by atoms with Gasteiger partial charge < -0.3 is 119 Å². The lowest BCUT2D eigenvalue weighted by molar-refractivity contribution is -0.143. The number of hydrogen-bond donors (Lipinski definition) is 21. The minimum Gasteiger partial charge on any atom is -0.368 e. The second-order valence-corrected chi connectivity index (χ2v) is 36.9. The van der Waals surface area contributed by atoms with Gasteiger partial charge in [-0.1, -0.05) is 96.9 Å². The number of rotatable bonds is 67. The second-order valence-electron chi connectivity index (χ2n) is 36.9. The molecule has 0 spiro atoms. The lowest BCUT2D eigenvalue weighted by Crippen LogP contribution is -2.61. The number of hydrogen-bond acceptors (Lipinski definition) is 22. The average Bonchev–Trinajstić information content (AvgIpc) is 1.73. The molecule has 0 radical (unpaired) electrons. The van der Waals surface area contributed by atoms with Gasteiger partial charge in [0.15, 0.2) is 0 Å². The summed E-state index contributed by atoms with van der Waals surface area (Å²) in [5.41, 5.74) is 40.6. The summed E-state index contributed by atoms with van der Waals surface area (Å²) in [5.74, 6) is -12.2. The zero-order valence-corrected chi connectivity index (χ0v) is 78.8. The van der Waals surface area contributed by atoms with Crippen LogP contribution < -0.4 is 115 Å². The zero-order chi connectivity index (χ0) is 95.5. The molecule has 0 aliphatic carbocycles. The summed E-state index contributed by atoms with van der Waals surface area (Å²) >= 11 is 0. The van der Waals surface area contributed by atoms with Crippen molar-refractivity contribution in [2.45, 2.75) is 375 Å². The van der Waals surface area contributed by atoms with Gasteiger partial charge in [0.05, 0.1) is 0 Å². The van der Waals surface area contributed by atoms with Crippen molar-refractivity contribution in [1.29, 1.82) is 0 Å². The maximum absolute atomic E-state index is 15.1. The van der Waals surface area contributed by atoms with E-state index in [0.29, 0.717) is 103 Å². The normalized spacial score (nSPS) is 16.1. The highest BCUT2D eigenvalue weighted by molar-refractivity contribution is 6.01. The van der Waals surface area contributed by atoms with E-state index in [1.807, 2.05) is 96.9 Å². The molecule has 1 aliphatic heterocycles. The fraction of sp³-hybridized carbons (Fsp3) is 0.818. The Hall–Kier alpha value is -8.72. The third kappa shape index (κ3) is 46.8. The average molecular weight is 1790 g/mol. The number of nitrogens with zero attached hydrogens (tertiary/aromatic N) is 1. The van der Waals surface area contributed by atoms with Crippen molar-refractivity contribution < 1.29 is 76.7 Å². The first kappa shape index (κ1) is 115. The molecule has 0 aromatic carbocycles. The molecule has 724 valence electrons. The van der Waals surface area contributed by atoms with Crippen LogP contribution in [0.15, 0.2) is 0 Å². The number of carbonyl (C=O) groups is 16. The highest BCUT2D eigenvalue weighted by atomic mass is 16.2. The third-order valence-electron chi connectivity index (χ3n) is 21.5. The van der Waals surface area contributed by atoms with E-state index in [0.717, 1.165) is 0 Å². The fourth-order valence-corrected chi connectivity index (χ4v) is 14.9. The zero-order valence-electron chi connectivity index (χ0n) is 78.8. The molecule has 0 saturated carbocycles. The molecule has 1 rings (SSSR count). The van der Waals surface area contributed by atoms with E-state index in [-0.39, 0.29) is 157 Å². The van der Waals surface area contributed by atoms with Crippen LogP contribution in [0, 0.1) is 41.4 Å². The number of carbonyl (C=O) groups excluding carboxylic acids is 16. The van der Waals surface area contributed by atoms with E-state index in [1.165, 1.54) is 18.7 Å². The first-order chi connectivity index (χ1) is 59.4. The molecule has 38 heteroatoms. The van der Waals surface area contributed by atoms with Gasteiger partial charge in [0.1, 0.15) is 90.6 Å². The summed E-state index contributed by atoms with van der Waals surface area (Å²) < 4.78 is 0. The SMILES string of the molecule is CC(=O)N[C@@H](CCCCN)C(=O)N[C@@H](CCCCN)C(=O)N[C@@H](CC(C)C)C(=O)N[C@@H](CC(C)C)C(=O)N[C@@H](CCCCN)C(=O)N[C@@H](CC(C)C)C(=O)N[C@@H](CC(C)C)C(=O)N[C@@H](CCCCN)C(=O)N[C@@H](CCCCN)C(=O)N1CCC[C@H]1C(=O)N[C@@H](CC(C)C)C(=O)N[C@@H](C)C(=O)N[C@@H](CC(C)C)C(=O)N[C@@H](CC(C)C)C(=O)N[C@@H](CCCCN)C(N)=O. The van der Waals surface area contributed by atoms with Crippen LogP contribution in [0.3, 0.4) is 0 Å². The van der Waals surface area contributed by atoms with E-state index >= 15 is 4.79 Å². The van der Waals surface area contributed by atoms with E-state index in [1.54, 1.807) is 0 Å². The summed E-state index contributed by atoms with van der Waals surface area (Å²) in [6.45, 7) is 30.3. The molecule has 0 bridgehead atoms. The van der Waals surface area contributed by atoms with E-state index < -0.39 is 185 Å². The van der Waals surface area contributed by atoms with Gasteiger partial charge in [-0.25, -0.2) is 0 Å². The molecule has 0 aromatic heterocycles. The molecular formula is C88H166N22O16. The summed E-state index contributed by atoms with van der Waals surface area (Å²) in [4.78, 5) is 228. The van der Waals surface area contributed by atoms with Gasteiger partial charge in [0, 0.05) is 13.5 Å². The molecule has 15 atom stereocenters. The van der Waals surface area contributed by atoms with Crippen molar-refractivity contribution in [2.75, 3.05) is 45.8 Å². The molecule has 1 aliphatic rings. The van der Waals surface area contributed by atoms with Crippen LogP contribution in [-0.2, 0) is 76.7 Å². The predicted molar refractivity (Wildman–Crippen MR) is 486 cm³/mol. The topological polar surface area (TPSA) is 627 Å². The molecule has 28 N–H and O–H groups in total. The number of nitrogens with two attached hydrogens (primary N) is 7. The Labute approximate surface area is 749 Å². The molecule has 16 amide bonds. The lowest BCUT2D eigenvalue weighted by atomic mass is 9.98. The van der Waals surface area contributed by atoms with Gasteiger partial charge in [-0.15, -0.1) is 0 Å². The number of likely N-dealkylation sites (tertiary alicyclic amines) is 1. The fourth-order valence-electron chi connectivity index (χ4n) is 14.9. The summed E-state index contributed by atoms with van der Waals surface area (Å²) in [5, 5.41) is 39.0. The quantitative estimate of drug-likeness (QED) is 0.0366. The van der Waals surface area contributed by atoms with Crippen LogP contribution in [0.1, 0.15) is 284 Å². The highest BCUT2D eigenvalue weighted by Crippen LogP contribution is 2.23. The molecule has 126 heavy (non-hydrogen) atoms. The van der Waals surface area contributed by atoms with Crippen LogP contribution >= 0.6 is 0 Å². The van der Waals surface area contributed by atoms with Gasteiger partial charge in [0.2, 0.25) is 94.5 Å². The van der Waals surface area contributed by atoms with E-state index in [2.05, 4.69) is 74.4 Å². The first-order valence-electron chi connectivity index (χ1n) is 46.4. The minimum absolute atomic E-state index is 0.0391. The number of unbranched alkanes of at least 4 members (excludes halogenated alkanes) is 6. The van der Waals surface area contributed by atoms with Crippen LogP contribution in [0.25, 0.3) is 0 Å². The van der Waals surface area contributed by atoms with Crippen molar-refractivity contribution >= 4 is 94.5 Å². The Kier molecular flexibility index (Phi) is 57.9. The van der Waals surface area contributed by atoms with Crippen molar-refractivity contribution in [1.82, 2.24) is 79.3 Å². The van der Waals surface area contributed by atoms with Gasteiger partial charge in [-0.3, -0.25) is 76.7 Å². The van der Waals surface area contributed by atoms with Crippen LogP contribution in [0.4, 0.5) is 0 Å². The van der Waals surface area contributed by atoms with Gasteiger partial charge in [-0.2, -0.15) is 0 Å². The van der Waals surface area contributed by atoms with Crippen LogP contribution in [0.2, 0.25) is 0 Å². The molecule has 0 unspecified atom stereocenters. The number of amides is 16. The molecule has 1 saturated heterocycles. The Bertz CT molecular complexity index is 3370. The van der Waals surface area contributed by atoms with E-state index in [4.69, 9.17) is 40.1 Å². The Morgan fingerprint density at radius 1 is 0.262 bits per heavy atom. The smallest absolute Gasteiger partial charge is 0.245 e. The molecular weight excluding hydrogens is 1620 g/mol. The van der Waals surface area contributed by atoms with Gasteiger partial charge in [0.25, 0.3) is 0 Å². The maximum atomic E-state index is 15.1. The second kappa shape index (κ2) is 63.3. The van der Waals surface area contributed by atoms with Gasteiger partial charge in [-0.05, 0) is 261 Å². The van der Waals surface area contributed by atoms with Crippen LogP contribution in [-0.4, -0.2) is 236 Å². The van der Waals surface area contributed by atoms with Crippen LogP contribution in [0.5, 0.6) is 0 Å². The Morgan fingerprint density at radius 3 is 0.722 bits per heavy atom. The van der Waals surface area contributed by atoms with Gasteiger partial charge >= 0.3 is 0 Å². The van der Waals surface area contributed by atoms with Crippen molar-refractivity contribution in [3.05, 3.63) is 0 Å². The van der Waals surface area contributed by atoms with Crippen molar-refractivity contribution in [3.63, 3.8) is 0 Å². The standard InChI is InChI=1S/C88H166N22O16/c1-51(2)44-66(80(118)96-58(15)75(113)103-67(45-52(3)4)84(122)106-68(46-53(5)6)81(119)98-60(74(95)112)30-17-23-37-89)109-87(125)73-36-29-43-110(73)88(126)65(35-22-28-42-94)102-77(115)62(32-19-25-39-91)100-82(120)69(47-54(7)8)107-86(124)72(50-57(13)14)105-79(117)64(34-21-27-41-93)101-83(121)70(48-55(9)10)108-85(123)71(49-56(11)12)104-78(116)63(33-20-26-40-92)99-76(114)61(97-59(16)111)31-18-24-38-90/h51-58,60-73H,17-50,89-94H2,1-16H3,(H2,95,112)(H,96,118)(H,97,111)(H,98,119)(H,99,114)(H,100,120)(H,101,121)(H,102,115)(H,103,113)(H,104,116)(H,105,117)(H,106,122)(H,107,124)(H,108,123)(H,109,125)/t58-,60-,61-,62-,63-,64-,65-,66-,67-,68-,69-,70-,71-,72-,73-/m0/s1. The van der Waals surface area contributed by atoms with Crippen molar-refractivity contribution in [3.8, 4) is 0 Å². The van der Waals surface area contributed by atoms with E-state index in [9.17, 15) is 71.9 Å². The predicted octanol–water partition coefficient (Wildman–Crippen LogP) is 0.386. The summed E-state index contributed by atoms with van der Waals surface area (Å²) in [6, 6.07) is -17.9. The first-order valence-corrected chi connectivity index (χ1v) is 46.4. The molecule has 1 fully saturated rings. The number of primary amides is 1. The summed E-state index contributed by atoms with van der Waals surface area (Å²) in [6.07, 6.45) is 7.72. The molecule has 0 aromatic rings.